The lowest BCUT2D eigenvalue weighted by atomic mass is 9.99. The Kier molecular flexibility index (Phi) is 7.64. The van der Waals surface area contributed by atoms with Crippen molar-refractivity contribution < 1.29 is 0 Å². The molecule has 0 aliphatic carbocycles. The first kappa shape index (κ1) is 32.2. The fourth-order valence-corrected chi connectivity index (χ4v) is 9.29. The van der Waals surface area contributed by atoms with Gasteiger partial charge in [0.1, 0.15) is 0 Å². The maximum atomic E-state index is 5.51. The molecule has 0 aliphatic rings. The molecule has 0 spiro atoms. The van der Waals surface area contributed by atoms with Gasteiger partial charge in [-0.15, -0.1) is 11.3 Å². The number of pyridine rings is 1. The third kappa shape index (κ3) is 5.40. The lowest BCUT2D eigenvalue weighted by Crippen LogP contribution is -1.96. The van der Waals surface area contributed by atoms with Gasteiger partial charge in [-0.2, -0.15) is 0 Å². The van der Waals surface area contributed by atoms with Crippen molar-refractivity contribution in [3.8, 4) is 62.0 Å². The van der Waals surface area contributed by atoms with Crippen LogP contribution in [0.4, 0.5) is 0 Å². The van der Waals surface area contributed by atoms with E-state index in [9.17, 15) is 0 Å². The number of rotatable bonds is 6. The number of aromatic nitrogens is 4. The van der Waals surface area contributed by atoms with E-state index in [-0.39, 0.29) is 0 Å². The zero-order chi connectivity index (χ0) is 37.0. The second-order valence-corrected chi connectivity index (χ2v) is 15.0. The van der Waals surface area contributed by atoms with E-state index < -0.39 is 0 Å². The third-order valence-electron chi connectivity index (χ3n) is 10.6. The Morgan fingerprint density at radius 1 is 0.393 bits per heavy atom. The van der Waals surface area contributed by atoms with Crippen molar-refractivity contribution in [3.63, 3.8) is 0 Å². The predicted molar refractivity (Wildman–Crippen MR) is 234 cm³/mol. The highest BCUT2D eigenvalue weighted by Gasteiger charge is 2.23. The first-order valence-corrected chi connectivity index (χ1v) is 19.6. The minimum atomic E-state index is 0.710. The van der Waals surface area contributed by atoms with Crippen LogP contribution in [0.15, 0.2) is 194 Å². The molecule has 7 aromatic carbocycles. The van der Waals surface area contributed by atoms with Crippen LogP contribution in [0.3, 0.4) is 0 Å². The molecule has 4 nitrogen and oxygen atoms in total. The fraction of sp³-hybridized carbons (Fsp3) is 0. The molecule has 262 valence electrons. The summed E-state index contributed by atoms with van der Waals surface area (Å²) in [5, 5.41) is 3.61. The lowest BCUT2D eigenvalue weighted by Gasteiger charge is -2.12. The monoisotopic (exact) mass is 732 g/mol. The van der Waals surface area contributed by atoms with Crippen molar-refractivity contribution in [3.05, 3.63) is 194 Å². The van der Waals surface area contributed by atoms with E-state index in [1.54, 1.807) is 0 Å². The molecule has 0 unspecified atom stereocenters. The topological polar surface area (TPSA) is 43.6 Å². The molecule has 0 saturated carbocycles. The molecular formula is C51H32N4S. The minimum absolute atomic E-state index is 0.710. The molecule has 0 fully saturated rings. The molecule has 11 aromatic rings. The molecule has 4 aromatic heterocycles. The van der Waals surface area contributed by atoms with E-state index in [2.05, 4.69) is 162 Å². The normalized spacial score (nSPS) is 11.6. The van der Waals surface area contributed by atoms with Gasteiger partial charge in [0.2, 0.25) is 0 Å². The van der Waals surface area contributed by atoms with Crippen molar-refractivity contribution in [1.29, 1.82) is 0 Å². The summed E-state index contributed by atoms with van der Waals surface area (Å²) in [6.07, 6.45) is 0. The molecule has 0 bridgehead atoms. The average molecular weight is 733 g/mol. The van der Waals surface area contributed by atoms with Gasteiger partial charge in [0.25, 0.3) is 0 Å². The summed E-state index contributed by atoms with van der Waals surface area (Å²) >= 11 is 1.87. The van der Waals surface area contributed by atoms with Gasteiger partial charge >= 0.3 is 0 Å². The fourth-order valence-electron chi connectivity index (χ4n) is 7.93. The lowest BCUT2D eigenvalue weighted by molar-refractivity contribution is 1.18. The second-order valence-electron chi connectivity index (χ2n) is 14.0. The highest BCUT2D eigenvalue weighted by molar-refractivity contribution is 7.27. The van der Waals surface area contributed by atoms with Crippen molar-refractivity contribution in [2.75, 3.05) is 0 Å². The Labute approximate surface area is 327 Å². The summed E-state index contributed by atoms with van der Waals surface area (Å²) in [6, 6.07) is 68.1. The van der Waals surface area contributed by atoms with Gasteiger partial charge in [-0.3, -0.25) is 0 Å². The zero-order valence-corrected chi connectivity index (χ0v) is 31.0. The molecule has 0 aliphatic heterocycles. The highest BCUT2D eigenvalue weighted by atomic mass is 32.1. The van der Waals surface area contributed by atoms with E-state index in [4.69, 9.17) is 15.0 Å². The van der Waals surface area contributed by atoms with Crippen molar-refractivity contribution in [1.82, 2.24) is 19.5 Å². The van der Waals surface area contributed by atoms with Crippen LogP contribution in [0, 0.1) is 0 Å². The number of hydrogen-bond acceptors (Lipinski definition) is 4. The van der Waals surface area contributed by atoms with Crippen LogP contribution in [-0.2, 0) is 0 Å². The summed E-state index contributed by atoms with van der Waals surface area (Å²) in [5.41, 5.74) is 13.8. The Bertz CT molecular complexity index is 3150. The van der Waals surface area contributed by atoms with Crippen molar-refractivity contribution >= 4 is 53.4 Å². The van der Waals surface area contributed by atoms with Gasteiger partial charge in [-0.25, -0.2) is 15.0 Å². The number of fused-ring (bicyclic) bond motifs is 7. The van der Waals surface area contributed by atoms with Gasteiger partial charge in [-0.05, 0) is 41.5 Å². The first-order valence-electron chi connectivity index (χ1n) is 18.8. The molecule has 0 amide bonds. The highest BCUT2D eigenvalue weighted by Crippen LogP contribution is 2.48. The molecular weight excluding hydrogens is 701 g/mol. The Morgan fingerprint density at radius 2 is 0.946 bits per heavy atom. The first-order chi connectivity index (χ1) is 27.8. The van der Waals surface area contributed by atoms with E-state index in [1.165, 1.54) is 31.2 Å². The summed E-state index contributed by atoms with van der Waals surface area (Å²) in [5.74, 6) is 0.710. The summed E-state index contributed by atoms with van der Waals surface area (Å²) in [7, 11) is 0. The van der Waals surface area contributed by atoms with Gasteiger partial charge in [0.15, 0.2) is 5.82 Å². The Morgan fingerprint density at radius 3 is 1.64 bits per heavy atom. The van der Waals surface area contributed by atoms with Crippen LogP contribution in [-0.4, -0.2) is 19.5 Å². The number of thiophene rings is 1. The van der Waals surface area contributed by atoms with Gasteiger partial charge < -0.3 is 4.57 Å². The zero-order valence-electron chi connectivity index (χ0n) is 30.2. The second kappa shape index (κ2) is 13.3. The quantitative estimate of drug-likeness (QED) is 0.171. The molecule has 0 N–H and O–H groups in total. The minimum Gasteiger partial charge on any atom is -0.308 e. The molecule has 56 heavy (non-hydrogen) atoms. The smallest absolute Gasteiger partial charge is 0.160 e. The largest absolute Gasteiger partial charge is 0.308 e. The maximum Gasteiger partial charge on any atom is 0.160 e. The van der Waals surface area contributed by atoms with Crippen molar-refractivity contribution in [2.24, 2.45) is 0 Å². The van der Waals surface area contributed by atoms with E-state index >= 15 is 0 Å². The summed E-state index contributed by atoms with van der Waals surface area (Å²) < 4.78 is 4.95. The van der Waals surface area contributed by atoms with Gasteiger partial charge in [0.05, 0.1) is 38.3 Å². The van der Waals surface area contributed by atoms with E-state index in [1.807, 2.05) is 47.7 Å². The van der Waals surface area contributed by atoms with Crippen LogP contribution in [0.1, 0.15) is 0 Å². The molecule has 0 radical (unpaired) electrons. The van der Waals surface area contributed by atoms with Gasteiger partial charge in [-0.1, -0.05) is 164 Å². The van der Waals surface area contributed by atoms with Crippen LogP contribution in [0.5, 0.6) is 0 Å². The number of nitrogens with zero attached hydrogens (tertiary/aromatic N) is 4. The van der Waals surface area contributed by atoms with Crippen molar-refractivity contribution in [2.45, 2.75) is 0 Å². The van der Waals surface area contributed by atoms with Crippen LogP contribution >= 0.6 is 11.3 Å². The molecule has 11 rings (SSSR count). The predicted octanol–water partition coefficient (Wildman–Crippen LogP) is 13.7. The average Bonchev–Trinajstić information content (AvgIpc) is 3.82. The standard InChI is InChI=1S/C51H32N4S/c1-5-15-34(16-6-1)42-32-43(54-51(53-42)37-19-9-3-10-20-37)35-27-25-33(26-28-35)38-29-30-40-44(31-38)52-47(36-17-7-2-8-18-36)46-48-50(56-49(40)46)41-23-13-14-24-45(41)55(48)39-21-11-4-12-22-39/h1-32H. The number of benzene rings is 7. The summed E-state index contributed by atoms with van der Waals surface area (Å²) in [6.45, 7) is 0. The SMILES string of the molecule is c1ccc(-c2cc(-c3ccc(-c4ccc5c(c4)nc(-c4ccccc4)c4c5sc5c6ccccc6n(-c6ccccc6)c54)cc3)nc(-c3ccccc3)n2)cc1. The van der Waals surface area contributed by atoms with Crippen LogP contribution < -0.4 is 0 Å². The molecule has 4 heterocycles. The third-order valence-corrected chi connectivity index (χ3v) is 11.9. The maximum absolute atomic E-state index is 5.51. The van der Waals surface area contributed by atoms with Crippen LogP contribution in [0.25, 0.3) is 104 Å². The van der Waals surface area contributed by atoms with E-state index in [0.29, 0.717) is 5.82 Å². The number of para-hydroxylation sites is 2. The Balaban J connectivity index is 1.06. The van der Waals surface area contributed by atoms with Crippen LogP contribution in [0.2, 0.25) is 0 Å². The summed E-state index contributed by atoms with van der Waals surface area (Å²) in [4.78, 5) is 15.5. The number of hydrogen-bond donors (Lipinski definition) is 0. The molecule has 5 heteroatoms. The van der Waals surface area contributed by atoms with E-state index in [0.717, 1.165) is 67.1 Å². The molecule has 0 atom stereocenters. The molecule has 0 saturated heterocycles. The Hall–Kier alpha value is -7.21. The van der Waals surface area contributed by atoms with Gasteiger partial charge in [0, 0.05) is 48.8 Å².